The molecule has 2 aliphatic heterocycles. The molecule has 0 saturated carbocycles. The average molecular weight is 416 g/mol. The number of hydrogen-bond acceptors (Lipinski definition) is 8. The molecule has 0 amide bonds. The predicted octanol–water partition coefficient (Wildman–Crippen LogP) is 0.576. The Morgan fingerprint density at radius 1 is 1.33 bits per heavy atom. The van der Waals surface area contributed by atoms with Gasteiger partial charge in [0.25, 0.3) is 0 Å². The van der Waals surface area contributed by atoms with E-state index in [9.17, 15) is 8.42 Å². The normalized spacial score (nSPS) is 20.3. The lowest BCUT2D eigenvalue weighted by atomic mass is 10.1. The monoisotopic (exact) mass is 415 g/mol. The molecule has 1 aromatic carbocycles. The van der Waals surface area contributed by atoms with Crippen molar-refractivity contribution in [2.24, 2.45) is 0 Å². The molecule has 1 atom stereocenters. The second kappa shape index (κ2) is 8.21. The van der Waals surface area contributed by atoms with Crippen LogP contribution in [0.2, 0.25) is 0 Å². The number of hydrogen-bond donors (Lipinski definition) is 2. The molecule has 0 radical (unpaired) electrons. The minimum absolute atomic E-state index is 0. The summed E-state index contributed by atoms with van der Waals surface area (Å²) in [7, 11) is -1.66. The summed E-state index contributed by atoms with van der Waals surface area (Å²) in [6.45, 7) is 3.46. The van der Waals surface area contributed by atoms with Gasteiger partial charge in [0, 0.05) is 19.6 Å². The summed E-state index contributed by atoms with van der Waals surface area (Å²) in [5, 5.41) is 7.28. The van der Waals surface area contributed by atoms with Gasteiger partial charge in [0.2, 0.25) is 15.9 Å². The van der Waals surface area contributed by atoms with Crippen LogP contribution in [0.5, 0.6) is 0 Å². The van der Waals surface area contributed by atoms with Gasteiger partial charge in [-0.1, -0.05) is 11.2 Å². The number of fused-ring (bicyclic) bond motifs is 1. The van der Waals surface area contributed by atoms with E-state index in [2.05, 4.69) is 25.1 Å². The van der Waals surface area contributed by atoms with Crippen molar-refractivity contribution in [2.75, 3.05) is 26.7 Å². The fourth-order valence-corrected chi connectivity index (χ4v) is 4.15. The van der Waals surface area contributed by atoms with Crippen molar-refractivity contribution in [1.82, 2.24) is 25.1 Å². The summed E-state index contributed by atoms with van der Waals surface area (Å²) in [5.41, 5.74) is 1.93. The van der Waals surface area contributed by atoms with Crippen LogP contribution >= 0.6 is 12.4 Å². The number of benzene rings is 1. The molecule has 2 N–H and O–H groups in total. The molecule has 0 spiro atoms. The van der Waals surface area contributed by atoms with E-state index in [4.69, 9.17) is 9.26 Å². The van der Waals surface area contributed by atoms with E-state index in [1.165, 1.54) is 0 Å². The van der Waals surface area contributed by atoms with Crippen molar-refractivity contribution in [3.05, 3.63) is 41.0 Å². The van der Waals surface area contributed by atoms with E-state index >= 15 is 0 Å². The van der Waals surface area contributed by atoms with Gasteiger partial charge in [-0.15, -0.1) is 12.4 Å². The summed E-state index contributed by atoms with van der Waals surface area (Å²) in [6, 6.07) is 5.03. The molecular weight excluding hydrogens is 394 g/mol. The molecule has 1 fully saturated rings. The maximum Gasteiger partial charge on any atom is 0.241 e. The Labute approximate surface area is 163 Å². The van der Waals surface area contributed by atoms with Gasteiger partial charge in [-0.25, -0.2) is 13.1 Å². The number of nitrogens with one attached hydrogen (secondary N) is 2. The Hall–Kier alpha value is -1.56. The second-order valence-electron chi connectivity index (χ2n) is 6.49. The zero-order valence-corrected chi connectivity index (χ0v) is 16.5. The van der Waals surface area contributed by atoms with Gasteiger partial charge in [0.1, 0.15) is 0 Å². The van der Waals surface area contributed by atoms with Gasteiger partial charge in [0.15, 0.2) is 5.82 Å². The van der Waals surface area contributed by atoms with E-state index in [1.54, 1.807) is 18.2 Å². The number of piperazine rings is 1. The molecular formula is C16H22ClN5O4S. The van der Waals surface area contributed by atoms with Crippen molar-refractivity contribution >= 4 is 22.4 Å². The molecule has 4 rings (SSSR count). The van der Waals surface area contributed by atoms with E-state index in [0.29, 0.717) is 19.0 Å². The van der Waals surface area contributed by atoms with Crippen molar-refractivity contribution in [1.29, 1.82) is 0 Å². The zero-order valence-electron chi connectivity index (χ0n) is 14.8. The third-order valence-corrected chi connectivity index (χ3v) is 6.11. The van der Waals surface area contributed by atoms with Gasteiger partial charge in [-0.3, -0.25) is 4.90 Å². The standard InChI is InChI=1S/C16H21N5O4S.ClH/c1-21-5-4-17-7-14(21)16-19-15(25-20-16)8-18-26(22,23)13-3-2-11-9-24-10-12(11)6-13;/h2-3,6,14,17-18H,4-5,7-10H2,1H3;1H. The number of ether oxygens (including phenoxy) is 1. The average Bonchev–Trinajstić information content (AvgIpc) is 3.29. The SMILES string of the molecule is CN1CCNCC1c1noc(CNS(=O)(=O)c2ccc3c(c2)COC3)n1.Cl. The number of halogens is 1. The van der Waals surface area contributed by atoms with Crippen LogP contribution in [0.3, 0.4) is 0 Å². The van der Waals surface area contributed by atoms with Gasteiger partial charge in [-0.05, 0) is 30.3 Å². The maximum absolute atomic E-state index is 12.5. The predicted molar refractivity (Wildman–Crippen MR) is 98.7 cm³/mol. The van der Waals surface area contributed by atoms with E-state index in [1.807, 2.05) is 7.05 Å². The van der Waals surface area contributed by atoms with Crippen LogP contribution in [-0.2, 0) is 34.5 Å². The summed E-state index contributed by atoms with van der Waals surface area (Å²) < 4.78 is 38.1. The van der Waals surface area contributed by atoms with Crippen molar-refractivity contribution < 1.29 is 17.7 Å². The lowest BCUT2D eigenvalue weighted by Crippen LogP contribution is -2.44. The van der Waals surface area contributed by atoms with Crippen LogP contribution in [0.1, 0.15) is 28.9 Å². The fourth-order valence-electron chi connectivity index (χ4n) is 3.13. The highest BCUT2D eigenvalue weighted by atomic mass is 35.5. The van der Waals surface area contributed by atoms with E-state index in [-0.39, 0.29) is 35.8 Å². The fraction of sp³-hybridized carbons (Fsp3) is 0.500. The summed E-state index contributed by atoms with van der Waals surface area (Å²) >= 11 is 0. The quantitative estimate of drug-likeness (QED) is 0.729. The summed E-state index contributed by atoms with van der Waals surface area (Å²) in [5.74, 6) is 0.801. The van der Waals surface area contributed by atoms with Crippen LogP contribution < -0.4 is 10.0 Å². The Kier molecular flexibility index (Phi) is 6.14. The molecule has 2 aromatic rings. The van der Waals surface area contributed by atoms with Crippen molar-refractivity contribution in [2.45, 2.75) is 30.7 Å². The van der Waals surface area contributed by atoms with Crippen LogP contribution in [0.4, 0.5) is 0 Å². The summed E-state index contributed by atoms with van der Waals surface area (Å²) in [4.78, 5) is 6.68. The van der Waals surface area contributed by atoms with Gasteiger partial charge < -0.3 is 14.6 Å². The molecule has 0 bridgehead atoms. The zero-order chi connectivity index (χ0) is 18.1. The number of rotatable bonds is 5. The van der Waals surface area contributed by atoms with Crippen molar-refractivity contribution in [3.8, 4) is 0 Å². The molecule has 3 heterocycles. The van der Waals surface area contributed by atoms with Gasteiger partial charge in [0.05, 0.1) is 30.7 Å². The first kappa shape index (κ1) is 20.2. The smallest absolute Gasteiger partial charge is 0.241 e. The highest BCUT2D eigenvalue weighted by molar-refractivity contribution is 7.89. The number of sulfonamides is 1. The molecule has 148 valence electrons. The summed E-state index contributed by atoms with van der Waals surface area (Å²) in [6.07, 6.45) is 0. The lowest BCUT2D eigenvalue weighted by molar-refractivity contribution is 0.134. The highest BCUT2D eigenvalue weighted by Gasteiger charge is 2.26. The molecule has 1 unspecified atom stereocenters. The molecule has 27 heavy (non-hydrogen) atoms. The molecule has 11 heteroatoms. The molecule has 1 aromatic heterocycles. The number of aromatic nitrogens is 2. The lowest BCUT2D eigenvalue weighted by Gasteiger charge is -2.30. The molecule has 1 saturated heterocycles. The molecule has 9 nitrogen and oxygen atoms in total. The van der Waals surface area contributed by atoms with Gasteiger partial charge >= 0.3 is 0 Å². The second-order valence-corrected chi connectivity index (χ2v) is 8.26. The number of likely N-dealkylation sites (N-methyl/N-ethyl adjacent to an activating group) is 1. The van der Waals surface area contributed by atoms with Crippen LogP contribution in [0.15, 0.2) is 27.6 Å². The molecule has 2 aliphatic rings. The van der Waals surface area contributed by atoms with E-state index < -0.39 is 10.0 Å². The van der Waals surface area contributed by atoms with Crippen molar-refractivity contribution in [3.63, 3.8) is 0 Å². The minimum Gasteiger partial charge on any atom is -0.372 e. The van der Waals surface area contributed by atoms with Gasteiger partial charge in [-0.2, -0.15) is 4.98 Å². The Bertz CT molecular complexity index is 904. The van der Waals surface area contributed by atoms with Crippen LogP contribution in [0, 0.1) is 0 Å². The topological polar surface area (TPSA) is 110 Å². The largest absolute Gasteiger partial charge is 0.372 e. The third-order valence-electron chi connectivity index (χ3n) is 4.71. The highest BCUT2D eigenvalue weighted by Crippen LogP contribution is 2.23. The maximum atomic E-state index is 12.5. The third kappa shape index (κ3) is 4.31. The molecule has 0 aliphatic carbocycles. The minimum atomic E-state index is -3.66. The first-order valence-corrected chi connectivity index (χ1v) is 9.94. The van der Waals surface area contributed by atoms with Crippen LogP contribution in [-0.4, -0.2) is 50.1 Å². The Morgan fingerprint density at radius 2 is 2.15 bits per heavy atom. The first-order valence-electron chi connectivity index (χ1n) is 8.45. The Morgan fingerprint density at radius 3 is 2.96 bits per heavy atom. The number of nitrogens with zero attached hydrogens (tertiary/aromatic N) is 3. The first-order chi connectivity index (χ1) is 12.5. The Balaban J connectivity index is 0.00000210. The van der Waals surface area contributed by atoms with Crippen LogP contribution in [0.25, 0.3) is 0 Å². The van der Waals surface area contributed by atoms with E-state index in [0.717, 1.165) is 30.8 Å².